The standard InChI is InChI=1S/C16H20N2O/c1-18-15-13(4-3-5-14(15)19-2)17-16(18)12-9-10-6-7-11(12)8-10/h3-5,10-12H,6-9H2,1-2H3. The fourth-order valence-electron chi connectivity index (χ4n) is 4.31. The van der Waals surface area contributed by atoms with Crippen LogP contribution in [0.15, 0.2) is 18.2 Å². The van der Waals surface area contributed by atoms with Gasteiger partial charge in [0.15, 0.2) is 0 Å². The van der Waals surface area contributed by atoms with Crippen molar-refractivity contribution in [3.63, 3.8) is 0 Å². The molecule has 0 N–H and O–H groups in total. The maximum absolute atomic E-state index is 5.49. The van der Waals surface area contributed by atoms with E-state index in [-0.39, 0.29) is 0 Å². The molecule has 0 saturated heterocycles. The minimum absolute atomic E-state index is 0.667. The fourth-order valence-corrected chi connectivity index (χ4v) is 4.31. The molecule has 3 unspecified atom stereocenters. The smallest absolute Gasteiger partial charge is 0.144 e. The van der Waals surface area contributed by atoms with Gasteiger partial charge in [0, 0.05) is 13.0 Å². The monoisotopic (exact) mass is 256 g/mol. The molecule has 100 valence electrons. The summed E-state index contributed by atoms with van der Waals surface area (Å²) in [5, 5.41) is 0. The van der Waals surface area contributed by atoms with Crippen molar-refractivity contribution in [2.24, 2.45) is 18.9 Å². The van der Waals surface area contributed by atoms with Crippen molar-refractivity contribution in [1.82, 2.24) is 9.55 Å². The van der Waals surface area contributed by atoms with Crippen molar-refractivity contribution in [3.05, 3.63) is 24.0 Å². The highest BCUT2D eigenvalue weighted by atomic mass is 16.5. The van der Waals surface area contributed by atoms with Gasteiger partial charge in [0.2, 0.25) is 0 Å². The van der Waals surface area contributed by atoms with Gasteiger partial charge in [0.1, 0.15) is 17.1 Å². The molecule has 0 amide bonds. The zero-order valence-electron chi connectivity index (χ0n) is 11.6. The number of rotatable bonds is 2. The molecule has 0 aliphatic heterocycles. The molecule has 2 fully saturated rings. The Hall–Kier alpha value is -1.51. The maximum atomic E-state index is 5.49. The number of imidazole rings is 1. The van der Waals surface area contributed by atoms with Crippen LogP contribution in [0.1, 0.15) is 37.4 Å². The average molecular weight is 256 g/mol. The molecule has 3 nitrogen and oxygen atoms in total. The van der Waals surface area contributed by atoms with E-state index in [9.17, 15) is 0 Å². The Balaban J connectivity index is 1.85. The van der Waals surface area contributed by atoms with Crippen molar-refractivity contribution >= 4 is 11.0 Å². The van der Waals surface area contributed by atoms with Crippen LogP contribution in [-0.4, -0.2) is 16.7 Å². The largest absolute Gasteiger partial charge is 0.494 e. The number of aromatic nitrogens is 2. The van der Waals surface area contributed by atoms with E-state index in [4.69, 9.17) is 9.72 Å². The second-order valence-electron chi connectivity index (χ2n) is 6.14. The quantitative estimate of drug-likeness (QED) is 0.822. The zero-order valence-corrected chi connectivity index (χ0v) is 11.6. The van der Waals surface area contributed by atoms with E-state index < -0.39 is 0 Å². The minimum Gasteiger partial charge on any atom is -0.494 e. The third-order valence-electron chi connectivity index (χ3n) is 5.18. The summed E-state index contributed by atoms with van der Waals surface area (Å²) in [6, 6.07) is 6.14. The van der Waals surface area contributed by atoms with E-state index in [1.165, 1.54) is 31.5 Å². The Bertz CT molecular complexity index is 631. The summed E-state index contributed by atoms with van der Waals surface area (Å²) in [6.07, 6.45) is 5.60. The zero-order chi connectivity index (χ0) is 13.0. The summed E-state index contributed by atoms with van der Waals surface area (Å²) in [5.41, 5.74) is 2.21. The molecule has 3 atom stereocenters. The fraction of sp³-hybridized carbons (Fsp3) is 0.562. The van der Waals surface area contributed by atoms with Gasteiger partial charge < -0.3 is 9.30 Å². The van der Waals surface area contributed by atoms with E-state index in [0.717, 1.165) is 28.6 Å². The van der Waals surface area contributed by atoms with E-state index in [1.54, 1.807) is 7.11 Å². The topological polar surface area (TPSA) is 27.1 Å². The molecule has 2 bridgehead atoms. The molecule has 3 heteroatoms. The molecule has 1 heterocycles. The van der Waals surface area contributed by atoms with Gasteiger partial charge in [0.05, 0.1) is 12.6 Å². The van der Waals surface area contributed by atoms with Crippen LogP contribution in [0.25, 0.3) is 11.0 Å². The molecule has 2 aromatic rings. The summed E-state index contributed by atoms with van der Waals surface area (Å²) >= 11 is 0. The molecule has 2 aliphatic rings. The molecular formula is C16H20N2O. The second kappa shape index (κ2) is 3.99. The lowest BCUT2D eigenvalue weighted by Gasteiger charge is -2.21. The van der Waals surface area contributed by atoms with Crippen LogP contribution in [0.4, 0.5) is 0 Å². The summed E-state index contributed by atoms with van der Waals surface area (Å²) in [4.78, 5) is 4.90. The van der Waals surface area contributed by atoms with E-state index in [2.05, 4.69) is 17.7 Å². The molecule has 19 heavy (non-hydrogen) atoms. The lowest BCUT2D eigenvalue weighted by atomic mass is 9.88. The Morgan fingerprint density at radius 3 is 2.84 bits per heavy atom. The van der Waals surface area contributed by atoms with Gasteiger partial charge in [-0.05, 0) is 43.2 Å². The van der Waals surface area contributed by atoms with Crippen molar-refractivity contribution in [3.8, 4) is 5.75 Å². The number of aryl methyl sites for hydroxylation is 1. The highest BCUT2D eigenvalue weighted by Gasteiger charge is 2.42. The van der Waals surface area contributed by atoms with Gasteiger partial charge in [-0.15, -0.1) is 0 Å². The first-order valence-corrected chi connectivity index (χ1v) is 7.27. The number of benzene rings is 1. The third-order valence-corrected chi connectivity index (χ3v) is 5.18. The average Bonchev–Trinajstić information content (AvgIpc) is 3.12. The van der Waals surface area contributed by atoms with Crippen molar-refractivity contribution < 1.29 is 4.74 Å². The summed E-state index contributed by atoms with van der Waals surface area (Å²) in [5.74, 6) is 4.69. The van der Waals surface area contributed by atoms with Gasteiger partial charge >= 0.3 is 0 Å². The van der Waals surface area contributed by atoms with Crippen molar-refractivity contribution in [2.75, 3.05) is 7.11 Å². The first-order chi connectivity index (χ1) is 9.28. The van der Waals surface area contributed by atoms with E-state index >= 15 is 0 Å². The molecule has 2 saturated carbocycles. The van der Waals surface area contributed by atoms with Crippen LogP contribution in [0.3, 0.4) is 0 Å². The number of ether oxygens (including phenoxy) is 1. The molecule has 0 spiro atoms. The van der Waals surface area contributed by atoms with Crippen molar-refractivity contribution in [2.45, 2.75) is 31.6 Å². The number of fused-ring (bicyclic) bond motifs is 3. The maximum Gasteiger partial charge on any atom is 0.144 e. The lowest BCUT2D eigenvalue weighted by Crippen LogP contribution is -2.13. The first-order valence-electron chi connectivity index (χ1n) is 7.27. The molecule has 4 rings (SSSR count). The highest BCUT2D eigenvalue weighted by Crippen LogP contribution is 2.52. The predicted molar refractivity (Wildman–Crippen MR) is 75.5 cm³/mol. The number of methoxy groups -OCH3 is 1. The van der Waals surface area contributed by atoms with Crippen LogP contribution in [0.2, 0.25) is 0 Å². The molecule has 1 aromatic heterocycles. The summed E-state index contributed by atoms with van der Waals surface area (Å²) < 4.78 is 7.75. The Kier molecular flexibility index (Phi) is 2.38. The normalized spacial score (nSPS) is 29.3. The first kappa shape index (κ1) is 11.3. The second-order valence-corrected chi connectivity index (χ2v) is 6.14. The molecule has 1 aromatic carbocycles. The highest BCUT2D eigenvalue weighted by molar-refractivity contribution is 5.82. The van der Waals surface area contributed by atoms with Crippen LogP contribution in [0, 0.1) is 11.8 Å². The van der Waals surface area contributed by atoms with Gasteiger partial charge in [-0.1, -0.05) is 12.5 Å². The summed E-state index contributed by atoms with van der Waals surface area (Å²) in [6.45, 7) is 0. The Morgan fingerprint density at radius 1 is 1.26 bits per heavy atom. The predicted octanol–water partition coefficient (Wildman–Crippen LogP) is 3.49. The number of hydrogen-bond acceptors (Lipinski definition) is 2. The minimum atomic E-state index is 0.667. The molecular weight excluding hydrogens is 236 g/mol. The number of nitrogens with zero attached hydrogens (tertiary/aromatic N) is 2. The van der Waals surface area contributed by atoms with Gasteiger partial charge in [-0.25, -0.2) is 4.98 Å². The lowest BCUT2D eigenvalue weighted by molar-refractivity contribution is 0.397. The molecule has 2 aliphatic carbocycles. The van der Waals surface area contributed by atoms with Gasteiger partial charge in [0.25, 0.3) is 0 Å². The van der Waals surface area contributed by atoms with Gasteiger partial charge in [-0.2, -0.15) is 0 Å². The van der Waals surface area contributed by atoms with E-state index in [1.807, 2.05) is 12.1 Å². The number of para-hydroxylation sites is 1. The van der Waals surface area contributed by atoms with Crippen LogP contribution < -0.4 is 4.74 Å². The Morgan fingerprint density at radius 2 is 2.16 bits per heavy atom. The van der Waals surface area contributed by atoms with Crippen LogP contribution >= 0.6 is 0 Å². The van der Waals surface area contributed by atoms with Crippen LogP contribution in [-0.2, 0) is 7.05 Å². The van der Waals surface area contributed by atoms with Gasteiger partial charge in [-0.3, -0.25) is 0 Å². The Labute approximate surface area is 113 Å². The van der Waals surface area contributed by atoms with Crippen molar-refractivity contribution in [1.29, 1.82) is 0 Å². The number of hydrogen-bond donors (Lipinski definition) is 0. The molecule has 0 radical (unpaired) electrons. The summed E-state index contributed by atoms with van der Waals surface area (Å²) in [7, 11) is 3.87. The van der Waals surface area contributed by atoms with Crippen LogP contribution in [0.5, 0.6) is 5.75 Å². The SMILES string of the molecule is COc1cccc2nc(C3CC4CCC3C4)n(C)c12. The third kappa shape index (κ3) is 1.54. The van der Waals surface area contributed by atoms with E-state index in [0.29, 0.717) is 5.92 Å².